The number of imidazole rings is 1. The number of aromatic nitrogens is 2. The summed E-state index contributed by atoms with van der Waals surface area (Å²) in [5.74, 6) is 0.0126. The number of sulfone groups is 1. The van der Waals surface area contributed by atoms with E-state index >= 15 is 0 Å². The smallest absolute Gasteiger partial charge is 0.232 e. The molecule has 1 rings (SSSR count). The largest absolute Gasteiger partial charge is 0.492 e. The fourth-order valence-corrected chi connectivity index (χ4v) is 1.65. The van der Waals surface area contributed by atoms with Gasteiger partial charge in [0.25, 0.3) is 0 Å². The molecule has 0 aliphatic heterocycles. The van der Waals surface area contributed by atoms with Gasteiger partial charge in [0, 0.05) is 6.26 Å². The summed E-state index contributed by atoms with van der Waals surface area (Å²) >= 11 is 0. The lowest BCUT2D eigenvalue weighted by Crippen LogP contribution is -2.02. The van der Waals surface area contributed by atoms with Gasteiger partial charge in [-0.05, 0) is 6.42 Å². The SMILES string of the molecule is CCc1[nH]c(CS(C)(=O)=O)nc1O. The molecule has 74 valence electrons. The van der Waals surface area contributed by atoms with Gasteiger partial charge in [-0.15, -0.1) is 0 Å². The van der Waals surface area contributed by atoms with Gasteiger partial charge in [0.15, 0.2) is 9.84 Å². The van der Waals surface area contributed by atoms with Crippen LogP contribution in [0.4, 0.5) is 0 Å². The summed E-state index contributed by atoms with van der Waals surface area (Å²) in [4.78, 5) is 6.44. The number of H-pyrrole nitrogens is 1. The Bertz CT molecular complexity index is 394. The lowest BCUT2D eigenvalue weighted by atomic mass is 10.4. The summed E-state index contributed by atoms with van der Waals surface area (Å²) in [6, 6.07) is 0. The molecule has 6 heteroatoms. The molecule has 0 radical (unpaired) electrons. The summed E-state index contributed by atoms with van der Waals surface area (Å²) in [5, 5.41) is 9.19. The molecule has 1 aromatic heterocycles. The molecule has 0 amide bonds. The molecule has 0 spiro atoms. The zero-order chi connectivity index (χ0) is 10.1. The summed E-state index contributed by atoms with van der Waals surface area (Å²) in [6.07, 6.45) is 1.72. The maximum Gasteiger partial charge on any atom is 0.232 e. The van der Waals surface area contributed by atoms with E-state index in [1.807, 2.05) is 6.92 Å². The van der Waals surface area contributed by atoms with Crippen LogP contribution in [0.5, 0.6) is 5.88 Å². The van der Waals surface area contributed by atoms with Crippen molar-refractivity contribution in [3.63, 3.8) is 0 Å². The van der Waals surface area contributed by atoms with Crippen LogP contribution in [-0.4, -0.2) is 29.7 Å². The Balaban J connectivity index is 2.92. The first kappa shape index (κ1) is 10.0. The van der Waals surface area contributed by atoms with Crippen LogP contribution in [-0.2, 0) is 22.0 Å². The third kappa shape index (κ3) is 2.73. The maximum absolute atomic E-state index is 10.9. The summed E-state index contributed by atoms with van der Waals surface area (Å²) < 4.78 is 21.7. The van der Waals surface area contributed by atoms with Gasteiger partial charge in [0.05, 0.1) is 5.69 Å². The Morgan fingerprint density at radius 2 is 2.15 bits per heavy atom. The van der Waals surface area contributed by atoms with Crippen LogP contribution in [0.3, 0.4) is 0 Å². The van der Waals surface area contributed by atoms with Gasteiger partial charge in [-0.2, -0.15) is 4.98 Å². The molecule has 0 aliphatic rings. The summed E-state index contributed by atoms with van der Waals surface area (Å²) in [7, 11) is -3.09. The average Bonchev–Trinajstić information content (AvgIpc) is 2.26. The van der Waals surface area contributed by atoms with Crippen LogP contribution in [0.1, 0.15) is 18.4 Å². The van der Waals surface area contributed by atoms with E-state index in [4.69, 9.17) is 0 Å². The number of rotatable bonds is 3. The van der Waals surface area contributed by atoms with Gasteiger partial charge >= 0.3 is 0 Å². The molecule has 0 aliphatic carbocycles. The lowest BCUT2D eigenvalue weighted by molar-refractivity contribution is 0.449. The topological polar surface area (TPSA) is 83.0 Å². The van der Waals surface area contributed by atoms with Gasteiger partial charge in [0.2, 0.25) is 5.88 Å². The molecule has 0 aromatic carbocycles. The zero-order valence-corrected chi connectivity index (χ0v) is 8.35. The number of aromatic amines is 1. The summed E-state index contributed by atoms with van der Waals surface area (Å²) in [6.45, 7) is 1.84. The third-order valence-electron chi connectivity index (χ3n) is 1.56. The number of hydrogen-bond donors (Lipinski definition) is 2. The first-order valence-corrected chi connectivity index (χ1v) is 5.93. The number of hydrogen-bond acceptors (Lipinski definition) is 4. The number of nitrogens with zero attached hydrogens (tertiary/aromatic N) is 1. The lowest BCUT2D eigenvalue weighted by Gasteiger charge is -1.91. The molecule has 1 heterocycles. The Kier molecular flexibility index (Phi) is 2.60. The quantitative estimate of drug-likeness (QED) is 0.738. The minimum Gasteiger partial charge on any atom is -0.492 e. The van der Waals surface area contributed by atoms with E-state index in [1.165, 1.54) is 0 Å². The highest BCUT2D eigenvalue weighted by atomic mass is 32.2. The molecule has 0 bridgehead atoms. The molecule has 0 saturated heterocycles. The van der Waals surface area contributed by atoms with E-state index in [9.17, 15) is 13.5 Å². The van der Waals surface area contributed by atoms with Crippen LogP contribution in [0.25, 0.3) is 0 Å². The van der Waals surface area contributed by atoms with E-state index in [1.54, 1.807) is 0 Å². The van der Waals surface area contributed by atoms with Gasteiger partial charge in [-0.1, -0.05) is 6.92 Å². The second-order valence-electron chi connectivity index (χ2n) is 2.91. The molecular formula is C7H12N2O3S. The Morgan fingerprint density at radius 3 is 2.54 bits per heavy atom. The second-order valence-corrected chi connectivity index (χ2v) is 5.05. The second kappa shape index (κ2) is 3.37. The Labute approximate surface area is 76.7 Å². The van der Waals surface area contributed by atoms with Crippen molar-refractivity contribution in [1.29, 1.82) is 0 Å². The zero-order valence-electron chi connectivity index (χ0n) is 7.53. The molecule has 0 fully saturated rings. The van der Waals surface area contributed by atoms with Gasteiger partial charge in [-0.25, -0.2) is 8.42 Å². The van der Waals surface area contributed by atoms with Crippen LogP contribution >= 0.6 is 0 Å². The van der Waals surface area contributed by atoms with Crippen molar-refractivity contribution >= 4 is 9.84 Å². The van der Waals surface area contributed by atoms with Crippen molar-refractivity contribution in [2.24, 2.45) is 0 Å². The van der Waals surface area contributed by atoms with Gasteiger partial charge in [0.1, 0.15) is 11.6 Å². The van der Waals surface area contributed by atoms with Crippen LogP contribution < -0.4 is 0 Å². The average molecular weight is 204 g/mol. The standard InChI is InChI=1S/C7H12N2O3S/c1-3-5-7(10)9-6(8-5)4-13(2,11)12/h10H,3-4H2,1-2H3,(H,8,9). The first-order chi connectivity index (χ1) is 5.92. The molecule has 0 atom stereocenters. The van der Waals surface area contributed by atoms with Crippen molar-refractivity contribution in [2.75, 3.05) is 6.26 Å². The molecular weight excluding hydrogens is 192 g/mol. The van der Waals surface area contributed by atoms with Gasteiger partial charge in [-0.3, -0.25) is 0 Å². The molecule has 1 aromatic rings. The molecule has 13 heavy (non-hydrogen) atoms. The highest BCUT2D eigenvalue weighted by molar-refractivity contribution is 7.89. The third-order valence-corrected chi connectivity index (χ3v) is 2.36. The van der Waals surface area contributed by atoms with Crippen LogP contribution in [0.15, 0.2) is 0 Å². The summed E-state index contributed by atoms with van der Waals surface area (Å²) in [5.41, 5.74) is 0.568. The number of nitrogens with one attached hydrogen (secondary N) is 1. The van der Waals surface area contributed by atoms with Gasteiger partial charge < -0.3 is 10.1 Å². The first-order valence-electron chi connectivity index (χ1n) is 3.87. The van der Waals surface area contributed by atoms with E-state index in [0.29, 0.717) is 12.1 Å². The van der Waals surface area contributed by atoms with Crippen molar-refractivity contribution < 1.29 is 13.5 Å². The van der Waals surface area contributed by atoms with Crippen molar-refractivity contribution in [1.82, 2.24) is 9.97 Å². The minimum absolute atomic E-state index is 0.110. The fourth-order valence-electron chi connectivity index (χ4n) is 1.02. The fraction of sp³-hybridized carbons (Fsp3) is 0.571. The van der Waals surface area contributed by atoms with E-state index in [2.05, 4.69) is 9.97 Å². The highest BCUT2D eigenvalue weighted by Gasteiger charge is 2.11. The van der Waals surface area contributed by atoms with E-state index < -0.39 is 9.84 Å². The maximum atomic E-state index is 10.9. The molecule has 0 unspecified atom stereocenters. The minimum atomic E-state index is -3.09. The van der Waals surface area contributed by atoms with E-state index in [-0.39, 0.29) is 17.5 Å². The molecule has 2 N–H and O–H groups in total. The predicted octanol–water partition coefficient (Wildman–Crippen LogP) is 0.222. The number of aromatic hydroxyl groups is 1. The number of aryl methyl sites for hydroxylation is 1. The van der Waals surface area contributed by atoms with Crippen LogP contribution in [0, 0.1) is 0 Å². The monoisotopic (exact) mass is 204 g/mol. The highest BCUT2D eigenvalue weighted by Crippen LogP contribution is 2.14. The predicted molar refractivity (Wildman–Crippen MR) is 48.2 cm³/mol. The van der Waals surface area contributed by atoms with E-state index in [0.717, 1.165) is 6.26 Å². The molecule has 0 saturated carbocycles. The van der Waals surface area contributed by atoms with Crippen molar-refractivity contribution in [3.8, 4) is 5.88 Å². The van der Waals surface area contributed by atoms with Crippen LogP contribution in [0.2, 0.25) is 0 Å². The molecule has 5 nitrogen and oxygen atoms in total. The Hall–Kier alpha value is -1.04. The van der Waals surface area contributed by atoms with Crippen molar-refractivity contribution in [3.05, 3.63) is 11.5 Å². The van der Waals surface area contributed by atoms with Crippen molar-refractivity contribution in [2.45, 2.75) is 19.1 Å². The Morgan fingerprint density at radius 1 is 1.54 bits per heavy atom. The normalized spacial score (nSPS) is 11.8.